The Morgan fingerprint density at radius 2 is 1.81 bits per heavy atom. The molecule has 7 nitrogen and oxygen atoms in total. The largest absolute Gasteiger partial charge is 0.480 e. The lowest BCUT2D eigenvalue weighted by atomic mass is 10.1. The Morgan fingerprint density at radius 3 is 2.29 bits per heavy atom. The van der Waals surface area contributed by atoms with Crippen LogP contribution in [0, 0.1) is 28.6 Å². The number of carboxylic acids is 1. The second kappa shape index (κ2) is 6.92. The van der Waals surface area contributed by atoms with Crippen LogP contribution in [-0.2, 0) is 4.79 Å². The molecule has 0 saturated carbocycles. The van der Waals surface area contributed by atoms with Gasteiger partial charge in [-0.1, -0.05) is 13.8 Å². The zero-order valence-corrected chi connectivity index (χ0v) is 11.5. The summed E-state index contributed by atoms with van der Waals surface area (Å²) in [6.45, 7) is 3.35. The van der Waals surface area contributed by atoms with E-state index in [9.17, 15) is 9.59 Å². The molecule has 21 heavy (non-hydrogen) atoms. The van der Waals surface area contributed by atoms with E-state index in [1.807, 2.05) is 12.1 Å². The molecular formula is C14H14N4O3. The van der Waals surface area contributed by atoms with E-state index >= 15 is 0 Å². The van der Waals surface area contributed by atoms with Crippen LogP contribution in [0.4, 0.5) is 10.5 Å². The lowest BCUT2D eigenvalue weighted by Gasteiger charge is -2.18. The Hall–Kier alpha value is -3.06. The number of benzene rings is 1. The van der Waals surface area contributed by atoms with E-state index in [2.05, 4.69) is 10.6 Å². The fraction of sp³-hybridized carbons (Fsp3) is 0.286. The van der Waals surface area contributed by atoms with Gasteiger partial charge < -0.3 is 15.7 Å². The van der Waals surface area contributed by atoms with Gasteiger partial charge in [0.1, 0.15) is 18.2 Å². The predicted molar refractivity (Wildman–Crippen MR) is 74.3 cm³/mol. The number of urea groups is 1. The van der Waals surface area contributed by atoms with Crippen molar-refractivity contribution in [3.8, 4) is 12.1 Å². The SMILES string of the molecule is CC(C)[C@H](NC(=O)Nc1ccc(C#N)c(C#N)c1)C(=O)O. The van der Waals surface area contributed by atoms with Crippen LogP contribution in [0.1, 0.15) is 25.0 Å². The van der Waals surface area contributed by atoms with Crippen molar-refractivity contribution in [3.05, 3.63) is 29.3 Å². The molecular weight excluding hydrogens is 272 g/mol. The van der Waals surface area contributed by atoms with Crippen LogP contribution in [0.25, 0.3) is 0 Å². The van der Waals surface area contributed by atoms with Gasteiger partial charge in [-0.05, 0) is 24.1 Å². The molecule has 0 aliphatic carbocycles. The molecule has 0 aliphatic rings. The van der Waals surface area contributed by atoms with Crippen molar-refractivity contribution in [2.45, 2.75) is 19.9 Å². The summed E-state index contributed by atoms with van der Waals surface area (Å²) in [4.78, 5) is 22.7. The first-order valence-corrected chi connectivity index (χ1v) is 6.13. The number of nitriles is 2. The van der Waals surface area contributed by atoms with Crippen molar-refractivity contribution in [3.63, 3.8) is 0 Å². The van der Waals surface area contributed by atoms with Gasteiger partial charge in [-0.3, -0.25) is 0 Å². The van der Waals surface area contributed by atoms with Gasteiger partial charge in [0, 0.05) is 5.69 Å². The highest BCUT2D eigenvalue weighted by atomic mass is 16.4. The maximum Gasteiger partial charge on any atom is 0.326 e. The van der Waals surface area contributed by atoms with Crippen LogP contribution in [0.15, 0.2) is 18.2 Å². The van der Waals surface area contributed by atoms with E-state index in [1.54, 1.807) is 13.8 Å². The van der Waals surface area contributed by atoms with Crippen LogP contribution in [0.2, 0.25) is 0 Å². The van der Waals surface area contributed by atoms with Crippen LogP contribution in [-0.4, -0.2) is 23.1 Å². The van der Waals surface area contributed by atoms with Gasteiger partial charge in [-0.15, -0.1) is 0 Å². The van der Waals surface area contributed by atoms with Crippen molar-refractivity contribution in [2.75, 3.05) is 5.32 Å². The molecule has 3 N–H and O–H groups in total. The summed E-state index contributed by atoms with van der Waals surface area (Å²) in [5.41, 5.74) is 0.638. The summed E-state index contributed by atoms with van der Waals surface area (Å²) in [6.07, 6.45) is 0. The molecule has 0 fully saturated rings. The molecule has 0 heterocycles. The van der Waals surface area contributed by atoms with Crippen LogP contribution in [0.3, 0.4) is 0 Å². The van der Waals surface area contributed by atoms with Gasteiger partial charge in [-0.25, -0.2) is 9.59 Å². The normalized spacial score (nSPS) is 11.1. The molecule has 0 bridgehead atoms. The number of rotatable bonds is 4. The first-order chi connectivity index (χ1) is 9.88. The topological polar surface area (TPSA) is 126 Å². The third-order valence-electron chi connectivity index (χ3n) is 2.74. The zero-order chi connectivity index (χ0) is 16.0. The molecule has 0 radical (unpaired) electrons. The maximum absolute atomic E-state index is 11.8. The predicted octanol–water partition coefficient (Wildman–Crippen LogP) is 1.66. The van der Waals surface area contributed by atoms with Crippen molar-refractivity contribution in [2.24, 2.45) is 5.92 Å². The molecule has 1 atom stereocenters. The monoisotopic (exact) mass is 286 g/mol. The van der Waals surface area contributed by atoms with Crippen LogP contribution < -0.4 is 10.6 Å². The zero-order valence-electron chi connectivity index (χ0n) is 11.5. The number of anilines is 1. The van der Waals surface area contributed by atoms with Crippen molar-refractivity contribution >= 4 is 17.7 Å². The third-order valence-corrected chi connectivity index (χ3v) is 2.74. The van der Waals surface area contributed by atoms with E-state index in [-0.39, 0.29) is 17.0 Å². The number of nitrogens with one attached hydrogen (secondary N) is 2. The Morgan fingerprint density at radius 1 is 1.19 bits per heavy atom. The molecule has 7 heteroatoms. The van der Waals surface area contributed by atoms with Gasteiger partial charge in [-0.2, -0.15) is 10.5 Å². The molecule has 1 aromatic carbocycles. The van der Waals surface area contributed by atoms with Gasteiger partial charge in [0.15, 0.2) is 0 Å². The smallest absolute Gasteiger partial charge is 0.326 e. The van der Waals surface area contributed by atoms with Crippen molar-refractivity contribution in [1.82, 2.24) is 5.32 Å². The molecule has 2 amide bonds. The summed E-state index contributed by atoms with van der Waals surface area (Å²) in [5, 5.41) is 31.4. The van der Waals surface area contributed by atoms with Crippen LogP contribution in [0.5, 0.6) is 0 Å². The summed E-state index contributed by atoms with van der Waals surface area (Å²) >= 11 is 0. The lowest BCUT2D eigenvalue weighted by Crippen LogP contribution is -2.46. The number of carbonyl (C=O) groups excluding carboxylic acids is 1. The highest BCUT2D eigenvalue weighted by Gasteiger charge is 2.23. The minimum atomic E-state index is -1.13. The number of aliphatic carboxylic acids is 1. The third kappa shape index (κ3) is 4.22. The average Bonchev–Trinajstić information content (AvgIpc) is 2.43. The fourth-order valence-electron chi connectivity index (χ4n) is 1.63. The lowest BCUT2D eigenvalue weighted by molar-refractivity contribution is -0.140. The second-order valence-electron chi connectivity index (χ2n) is 4.64. The number of nitrogens with zero attached hydrogens (tertiary/aromatic N) is 2. The van der Waals surface area contributed by atoms with Crippen molar-refractivity contribution < 1.29 is 14.7 Å². The standard InChI is InChI=1S/C14H14N4O3/c1-8(2)12(13(19)20)18-14(21)17-11-4-3-9(6-15)10(5-11)7-16/h3-5,8,12H,1-2H3,(H,19,20)(H2,17,18,21)/t12-/m0/s1. The molecule has 0 saturated heterocycles. The van der Waals surface area contributed by atoms with E-state index in [0.717, 1.165) is 0 Å². The molecule has 1 aromatic rings. The Labute approximate surface area is 121 Å². The molecule has 0 aliphatic heterocycles. The highest BCUT2D eigenvalue weighted by molar-refractivity contribution is 5.92. The minimum Gasteiger partial charge on any atom is -0.480 e. The Bertz CT molecular complexity index is 641. The van der Waals surface area contributed by atoms with E-state index < -0.39 is 18.0 Å². The van der Waals surface area contributed by atoms with E-state index in [1.165, 1.54) is 18.2 Å². The number of hydrogen-bond donors (Lipinski definition) is 3. The van der Waals surface area contributed by atoms with Gasteiger partial charge in [0.25, 0.3) is 0 Å². The average molecular weight is 286 g/mol. The summed E-state index contributed by atoms with van der Waals surface area (Å²) in [5.74, 6) is -1.40. The highest BCUT2D eigenvalue weighted by Crippen LogP contribution is 2.14. The van der Waals surface area contributed by atoms with Gasteiger partial charge in [0.2, 0.25) is 0 Å². The quantitative estimate of drug-likeness (QED) is 0.775. The second-order valence-corrected chi connectivity index (χ2v) is 4.64. The summed E-state index contributed by atoms with van der Waals surface area (Å²) in [6, 6.07) is 6.23. The first kappa shape index (κ1) is 16.0. The summed E-state index contributed by atoms with van der Waals surface area (Å²) in [7, 11) is 0. The number of carbonyl (C=O) groups is 2. The van der Waals surface area contributed by atoms with Gasteiger partial charge in [0.05, 0.1) is 11.1 Å². The first-order valence-electron chi connectivity index (χ1n) is 6.13. The summed E-state index contributed by atoms with van der Waals surface area (Å²) < 4.78 is 0. The molecule has 108 valence electrons. The number of hydrogen-bond acceptors (Lipinski definition) is 4. The fourth-order valence-corrected chi connectivity index (χ4v) is 1.63. The van der Waals surface area contributed by atoms with Crippen molar-refractivity contribution in [1.29, 1.82) is 10.5 Å². The molecule has 0 unspecified atom stereocenters. The number of amides is 2. The molecule has 0 aromatic heterocycles. The van der Waals surface area contributed by atoms with E-state index in [0.29, 0.717) is 5.69 Å². The molecule has 1 rings (SSSR count). The maximum atomic E-state index is 11.8. The van der Waals surface area contributed by atoms with E-state index in [4.69, 9.17) is 15.6 Å². The van der Waals surface area contributed by atoms with Gasteiger partial charge >= 0.3 is 12.0 Å². The molecule has 0 spiro atoms. The Balaban J connectivity index is 2.83. The van der Waals surface area contributed by atoms with Crippen LogP contribution >= 0.6 is 0 Å². The minimum absolute atomic E-state index is 0.133. The number of carboxylic acid groups (broad SMARTS) is 1. The Kier molecular flexibility index (Phi) is 5.27.